The van der Waals surface area contributed by atoms with Gasteiger partial charge in [-0.3, -0.25) is 9.79 Å². The van der Waals surface area contributed by atoms with E-state index in [4.69, 9.17) is 4.52 Å². The van der Waals surface area contributed by atoms with Crippen molar-refractivity contribution in [2.75, 3.05) is 20.1 Å². The number of aliphatic imine (C=N–C) groups is 1. The summed E-state index contributed by atoms with van der Waals surface area (Å²) in [6, 6.07) is 6.43. The summed E-state index contributed by atoms with van der Waals surface area (Å²) in [5.74, 6) is -0.0201. The fraction of sp³-hybridized carbons (Fsp3) is 0.500. The Balaban J connectivity index is 1.50. The van der Waals surface area contributed by atoms with Crippen molar-refractivity contribution in [2.24, 2.45) is 10.9 Å². The largest absolute Gasteiger partial charge is 0.406 e. The van der Waals surface area contributed by atoms with Gasteiger partial charge in [-0.1, -0.05) is 11.2 Å². The van der Waals surface area contributed by atoms with Crippen LogP contribution in [0.3, 0.4) is 0 Å². The Kier molecular flexibility index (Phi) is 6.54. The van der Waals surface area contributed by atoms with E-state index in [1.165, 1.54) is 6.07 Å². The third-order valence-electron chi connectivity index (χ3n) is 6.34. The second-order valence-electron chi connectivity index (χ2n) is 9.44. The lowest BCUT2D eigenvalue weighted by molar-refractivity contribution is -0.139. The predicted molar refractivity (Wildman–Crippen MR) is 125 cm³/mol. The molecule has 12 heteroatoms. The minimum absolute atomic E-state index is 0.00673. The van der Waals surface area contributed by atoms with Gasteiger partial charge in [0, 0.05) is 36.5 Å². The van der Waals surface area contributed by atoms with Gasteiger partial charge in [0.2, 0.25) is 5.91 Å². The Morgan fingerprint density at radius 3 is 2.86 bits per heavy atom. The SMILES string of the molecule is CN1CC/C(=N\c2cccc3c2cc(-c2nc(CNC(=O)C4CC4)no2)n3CC(F)(F)F)C[C@@H](F)C1. The number of fused-ring (bicyclic) bond motifs is 1. The van der Waals surface area contributed by atoms with Crippen LogP contribution in [0.25, 0.3) is 22.5 Å². The summed E-state index contributed by atoms with van der Waals surface area (Å²) in [7, 11) is 1.84. The van der Waals surface area contributed by atoms with Crippen LogP contribution in [0.15, 0.2) is 33.8 Å². The molecule has 3 aromatic rings. The van der Waals surface area contributed by atoms with Crippen LogP contribution < -0.4 is 5.32 Å². The summed E-state index contributed by atoms with van der Waals surface area (Å²) in [6.07, 6.45) is -3.12. The van der Waals surface area contributed by atoms with Gasteiger partial charge in [-0.15, -0.1) is 0 Å². The molecule has 36 heavy (non-hydrogen) atoms. The van der Waals surface area contributed by atoms with Crippen LogP contribution in [0.1, 0.15) is 31.5 Å². The van der Waals surface area contributed by atoms with Crippen LogP contribution >= 0.6 is 0 Å². The van der Waals surface area contributed by atoms with Crippen molar-refractivity contribution in [1.82, 2.24) is 24.9 Å². The van der Waals surface area contributed by atoms with E-state index in [0.29, 0.717) is 41.8 Å². The molecular weight excluding hydrogens is 480 g/mol. The van der Waals surface area contributed by atoms with Crippen LogP contribution in [0.5, 0.6) is 0 Å². The molecule has 1 atom stereocenters. The smallest absolute Gasteiger partial charge is 0.348 e. The van der Waals surface area contributed by atoms with Crippen molar-refractivity contribution in [2.45, 2.75) is 51.1 Å². The van der Waals surface area contributed by atoms with Crippen molar-refractivity contribution in [3.8, 4) is 11.6 Å². The third-order valence-corrected chi connectivity index (χ3v) is 6.34. The Hall–Kier alpha value is -3.28. The highest BCUT2D eigenvalue weighted by Gasteiger charge is 2.32. The number of hydrogen-bond acceptors (Lipinski definition) is 6. The molecule has 0 radical (unpaired) electrons. The molecular formula is C24H26F4N6O2. The molecule has 3 heterocycles. The Labute approximate surface area is 204 Å². The number of hydrogen-bond donors (Lipinski definition) is 1. The number of carbonyl (C=O) groups excluding carboxylic acids is 1. The minimum Gasteiger partial charge on any atom is -0.348 e. The molecule has 1 aromatic carbocycles. The molecule has 0 bridgehead atoms. The van der Waals surface area contributed by atoms with Gasteiger partial charge in [-0.2, -0.15) is 18.2 Å². The molecule has 0 unspecified atom stereocenters. The lowest BCUT2D eigenvalue weighted by Gasteiger charge is -2.12. The molecule has 0 spiro atoms. The van der Waals surface area contributed by atoms with Gasteiger partial charge >= 0.3 is 6.18 Å². The van der Waals surface area contributed by atoms with Crippen molar-refractivity contribution >= 4 is 28.2 Å². The maximum Gasteiger partial charge on any atom is 0.406 e. The van der Waals surface area contributed by atoms with Gasteiger partial charge in [-0.25, -0.2) is 4.39 Å². The first-order valence-electron chi connectivity index (χ1n) is 11.8. The topological polar surface area (TPSA) is 88.6 Å². The zero-order valence-electron chi connectivity index (χ0n) is 19.7. The average molecular weight is 507 g/mol. The molecule has 1 aliphatic heterocycles. The molecule has 5 rings (SSSR count). The van der Waals surface area contributed by atoms with E-state index < -0.39 is 18.9 Å². The van der Waals surface area contributed by atoms with Crippen LogP contribution in [-0.2, 0) is 17.9 Å². The summed E-state index contributed by atoms with van der Waals surface area (Å²) in [5, 5.41) is 7.00. The van der Waals surface area contributed by atoms with Crippen molar-refractivity contribution in [3.05, 3.63) is 30.1 Å². The van der Waals surface area contributed by atoms with Crippen molar-refractivity contribution < 1.29 is 26.9 Å². The monoisotopic (exact) mass is 506 g/mol. The zero-order chi connectivity index (χ0) is 25.4. The maximum atomic E-state index is 14.3. The number of rotatable bonds is 6. The second-order valence-corrected chi connectivity index (χ2v) is 9.44. The average Bonchev–Trinajstić information content (AvgIpc) is 3.49. The molecule has 1 saturated heterocycles. The molecule has 1 N–H and O–H groups in total. The van der Waals surface area contributed by atoms with E-state index in [9.17, 15) is 22.4 Å². The highest BCUT2D eigenvalue weighted by Crippen LogP contribution is 2.36. The molecule has 1 aliphatic carbocycles. The van der Waals surface area contributed by atoms with Crippen molar-refractivity contribution in [1.29, 1.82) is 0 Å². The summed E-state index contributed by atoms with van der Waals surface area (Å²) >= 11 is 0. The van der Waals surface area contributed by atoms with Crippen LogP contribution in [0.2, 0.25) is 0 Å². The van der Waals surface area contributed by atoms with Gasteiger partial charge in [0.25, 0.3) is 5.89 Å². The molecule has 192 valence electrons. The number of amides is 1. The molecule has 2 aliphatic rings. The van der Waals surface area contributed by atoms with Crippen molar-refractivity contribution in [3.63, 3.8) is 0 Å². The highest BCUT2D eigenvalue weighted by atomic mass is 19.4. The Morgan fingerprint density at radius 2 is 2.11 bits per heavy atom. The lowest BCUT2D eigenvalue weighted by atomic mass is 10.1. The number of halogens is 4. The Morgan fingerprint density at radius 1 is 1.31 bits per heavy atom. The van der Waals surface area contributed by atoms with E-state index in [-0.39, 0.29) is 42.2 Å². The standard InChI is InChI=1S/C24H26F4N6O2/c1-33-8-7-16(9-15(25)12-33)30-18-3-2-4-19-17(18)10-20(34(19)13-24(26,27)28)23-31-21(32-36-23)11-29-22(35)14-5-6-14/h2-4,10,14-15H,5-9,11-13H2,1H3,(H,29,35)/b30-16+/t15-/m1/s1. The fourth-order valence-corrected chi connectivity index (χ4v) is 4.42. The number of aromatic nitrogens is 3. The van der Waals surface area contributed by atoms with Crippen LogP contribution in [0, 0.1) is 5.92 Å². The molecule has 1 saturated carbocycles. The van der Waals surface area contributed by atoms with Gasteiger partial charge in [0.15, 0.2) is 5.82 Å². The summed E-state index contributed by atoms with van der Waals surface area (Å²) in [5.41, 5.74) is 1.51. The number of alkyl halides is 4. The number of likely N-dealkylation sites (tertiary alicyclic amines) is 1. The first-order chi connectivity index (χ1) is 17.2. The fourth-order valence-electron chi connectivity index (χ4n) is 4.42. The number of nitrogens with zero attached hydrogens (tertiary/aromatic N) is 5. The molecule has 1 amide bonds. The zero-order valence-corrected chi connectivity index (χ0v) is 19.7. The predicted octanol–water partition coefficient (Wildman–Crippen LogP) is 4.42. The molecule has 2 aromatic heterocycles. The molecule has 2 fully saturated rings. The Bertz CT molecular complexity index is 1290. The van der Waals surface area contributed by atoms with Gasteiger partial charge in [0.05, 0.1) is 17.7 Å². The van der Waals surface area contributed by atoms with Gasteiger partial charge in [0.1, 0.15) is 18.4 Å². The van der Waals surface area contributed by atoms with E-state index in [1.807, 2.05) is 11.9 Å². The van der Waals surface area contributed by atoms with E-state index >= 15 is 0 Å². The van der Waals surface area contributed by atoms with E-state index in [2.05, 4.69) is 20.4 Å². The normalized spacial score (nSPS) is 20.7. The summed E-state index contributed by atoms with van der Waals surface area (Å²) in [4.78, 5) is 22.7. The van der Waals surface area contributed by atoms with E-state index in [1.54, 1.807) is 18.2 Å². The number of carbonyl (C=O) groups is 1. The number of benzene rings is 1. The highest BCUT2D eigenvalue weighted by molar-refractivity contribution is 5.98. The summed E-state index contributed by atoms with van der Waals surface area (Å²) in [6.45, 7) is -0.275. The van der Waals surface area contributed by atoms with Gasteiger partial charge in [-0.05, 0) is 44.5 Å². The van der Waals surface area contributed by atoms with Gasteiger partial charge < -0.3 is 19.3 Å². The van der Waals surface area contributed by atoms with Crippen LogP contribution in [-0.4, -0.2) is 63.7 Å². The van der Waals surface area contributed by atoms with Crippen LogP contribution in [0.4, 0.5) is 23.2 Å². The first-order valence-corrected chi connectivity index (χ1v) is 11.8. The molecule has 8 nitrogen and oxygen atoms in total. The minimum atomic E-state index is -4.50. The number of nitrogens with one attached hydrogen (secondary N) is 1. The second kappa shape index (κ2) is 9.64. The first kappa shape index (κ1) is 24.4. The van der Waals surface area contributed by atoms with E-state index in [0.717, 1.165) is 17.4 Å². The quantitative estimate of drug-likeness (QED) is 0.501. The third kappa shape index (κ3) is 5.58. The lowest BCUT2D eigenvalue weighted by Crippen LogP contribution is -2.24. The maximum absolute atomic E-state index is 14.3. The summed E-state index contributed by atoms with van der Waals surface area (Å²) < 4.78 is 61.2.